The first-order valence-electron chi connectivity index (χ1n) is 11.8. The van der Waals surface area contributed by atoms with Crippen LogP contribution in [0.3, 0.4) is 0 Å². The summed E-state index contributed by atoms with van der Waals surface area (Å²) in [5, 5.41) is 0.867. The zero-order valence-corrected chi connectivity index (χ0v) is 19.8. The smallest absolute Gasteiger partial charge is 0.336 e. The minimum atomic E-state index is -0.390. The molecule has 0 atom stereocenters. The molecule has 2 aliphatic rings. The Morgan fingerprint density at radius 2 is 1.85 bits per heavy atom. The maximum atomic E-state index is 13.3. The molecule has 2 amide bonds. The average molecular weight is 452 g/mol. The number of carbonyl (C=O) groups excluding carboxylic acids is 2. The van der Waals surface area contributed by atoms with Crippen molar-refractivity contribution in [2.45, 2.75) is 40.0 Å². The van der Waals surface area contributed by atoms with Crippen molar-refractivity contribution in [2.75, 3.05) is 44.2 Å². The fourth-order valence-corrected chi connectivity index (χ4v) is 4.28. The zero-order valence-electron chi connectivity index (χ0n) is 19.8. The van der Waals surface area contributed by atoms with Crippen molar-refractivity contribution < 1.29 is 14.0 Å². The minimum Gasteiger partial charge on any atom is -0.423 e. The highest BCUT2D eigenvalue weighted by Crippen LogP contribution is 2.31. The molecule has 2 fully saturated rings. The number of hydrogen-bond donors (Lipinski definition) is 0. The summed E-state index contributed by atoms with van der Waals surface area (Å²) in [6.07, 6.45) is 4.49. The quantitative estimate of drug-likeness (QED) is 0.477. The highest BCUT2D eigenvalue weighted by molar-refractivity contribution is 5.96. The van der Waals surface area contributed by atoms with Crippen molar-refractivity contribution in [1.29, 1.82) is 0 Å². The van der Waals surface area contributed by atoms with Crippen LogP contribution >= 0.6 is 0 Å². The van der Waals surface area contributed by atoms with Crippen molar-refractivity contribution in [1.82, 2.24) is 9.80 Å². The van der Waals surface area contributed by atoms with Gasteiger partial charge in [-0.1, -0.05) is 11.6 Å². The van der Waals surface area contributed by atoms with Crippen molar-refractivity contribution in [3.63, 3.8) is 0 Å². The van der Waals surface area contributed by atoms with Crippen molar-refractivity contribution in [2.24, 2.45) is 5.92 Å². The number of allylic oxidation sites excluding steroid dienone is 1. The summed E-state index contributed by atoms with van der Waals surface area (Å²) in [5.74, 6) is 0.590. The minimum absolute atomic E-state index is 0.0262. The second-order valence-electron chi connectivity index (χ2n) is 9.41. The number of nitrogens with zero attached hydrogens (tertiary/aromatic N) is 3. The van der Waals surface area contributed by atoms with Gasteiger partial charge in [0.25, 0.3) is 0 Å². The molecule has 1 aliphatic heterocycles. The van der Waals surface area contributed by atoms with Crippen molar-refractivity contribution in [3.8, 4) is 0 Å². The molecule has 1 aromatic heterocycles. The van der Waals surface area contributed by atoms with Gasteiger partial charge in [-0.25, -0.2) is 4.79 Å². The third kappa shape index (κ3) is 5.71. The number of hydrogen-bond acceptors (Lipinski definition) is 5. The van der Waals surface area contributed by atoms with Gasteiger partial charge in [0.05, 0.1) is 0 Å². The van der Waals surface area contributed by atoms with Crippen LogP contribution in [0, 0.1) is 12.8 Å². The van der Waals surface area contributed by atoms with E-state index in [4.69, 9.17) is 4.42 Å². The lowest BCUT2D eigenvalue weighted by Gasteiger charge is -2.35. The van der Waals surface area contributed by atoms with Crippen LogP contribution in [0.1, 0.15) is 38.7 Å². The summed E-state index contributed by atoms with van der Waals surface area (Å²) < 4.78 is 5.39. The Bertz CT molecular complexity index is 1120. The number of fused-ring (bicyclic) bond motifs is 1. The Labute approximate surface area is 194 Å². The Balaban J connectivity index is 1.43. The summed E-state index contributed by atoms with van der Waals surface area (Å²) in [5.41, 5.74) is 2.81. The van der Waals surface area contributed by atoms with E-state index in [9.17, 15) is 14.4 Å². The molecule has 2 aromatic rings. The predicted octanol–water partition coefficient (Wildman–Crippen LogP) is 3.34. The fraction of sp³-hybridized carbons (Fsp3) is 0.500. The van der Waals surface area contributed by atoms with E-state index < -0.39 is 5.63 Å². The molecular formula is C26H33N3O4. The van der Waals surface area contributed by atoms with E-state index in [1.165, 1.54) is 6.07 Å². The first kappa shape index (κ1) is 23.2. The van der Waals surface area contributed by atoms with Gasteiger partial charge < -0.3 is 14.2 Å². The summed E-state index contributed by atoms with van der Waals surface area (Å²) in [6, 6.07) is 7.07. The van der Waals surface area contributed by atoms with E-state index in [2.05, 4.69) is 4.90 Å². The van der Waals surface area contributed by atoms with Gasteiger partial charge in [0.1, 0.15) is 5.58 Å². The van der Waals surface area contributed by atoms with Crippen LogP contribution in [-0.4, -0.2) is 60.9 Å². The topological polar surface area (TPSA) is 74.1 Å². The van der Waals surface area contributed by atoms with Crippen LogP contribution in [0.4, 0.5) is 5.69 Å². The van der Waals surface area contributed by atoms with Crippen LogP contribution in [0.15, 0.2) is 45.1 Å². The normalized spacial score (nSPS) is 16.6. The first-order chi connectivity index (χ1) is 15.8. The summed E-state index contributed by atoms with van der Waals surface area (Å²) in [7, 11) is 0. The van der Waals surface area contributed by atoms with Gasteiger partial charge in [0, 0.05) is 74.8 Å². The summed E-state index contributed by atoms with van der Waals surface area (Å²) in [4.78, 5) is 43.3. The third-order valence-corrected chi connectivity index (χ3v) is 6.48. The molecule has 0 bridgehead atoms. The molecule has 4 rings (SSSR count). The van der Waals surface area contributed by atoms with E-state index in [1.807, 2.05) is 43.9 Å². The molecule has 1 aliphatic carbocycles. The lowest BCUT2D eigenvalue weighted by atomic mass is 10.1. The van der Waals surface area contributed by atoms with Crippen LogP contribution < -0.4 is 10.5 Å². The van der Waals surface area contributed by atoms with Gasteiger partial charge in [-0.05, 0) is 51.3 Å². The van der Waals surface area contributed by atoms with E-state index in [0.29, 0.717) is 31.0 Å². The van der Waals surface area contributed by atoms with E-state index in [1.54, 1.807) is 11.0 Å². The molecule has 0 unspecified atom stereocenters. The molecule has 1 aromatic carbocycles. The van der Waals surface area contributed by atoms with Crippen molar-refractivity contribution in [3.05, 3.63) is 51.9 Å². The number of piperazine rings is 1. The maximum Gasteiger partial charge on any atom is 0.336 e. The predicted molar refractivity (Wildman–Crippen MR) is 129 cm³/mol. The SMILES string of the molecule is CC(C)=CCN(C(=O)CCN1CCN(C(=O)C2CC2)CC1)c1ccc2c(C)cc(=O)oc2c1. The maximum absolute atomic E-state index is 13.3. The van der Waals surface area contributed by atoms with Crippen LogP contribution in [0.5, 0.6) is 0 Å². The van der Waals surface area contributed by atoms with E-state index in [-0.39, 0.29) is 11.8 Å². The highest BCUT2D eigenvalue weighted by Gasteiger charge is 2.34. The van der Waals surface area contributed by atoms with E-state index in [0.717, 1.165) is 61.2 Å². The lowest BCUT2D eigenvalue weighted by molar-refractivity contribution is -0.134. The molecule has 176 valence electrons. The van der Waals surface area contributed by atoms with Crippen LogP contribution in [-0.2, 0) is 9.59 Å². The molecule has 1 saturated carbocycles. The molecule has 1 saturated heterocycles. The first-order valence-corrected chi connectivity index (χ1v) is 11.8. The van der Waals surface area contributed by atoms with Crippen molar-refractivity contribution >= 4 is 28.5 Å². The monoisotopic (exact) mass is 451 g/mol. The molecule has 0 N–H and O–H groups in total. The van der Waals surface area contributed by atoms with Gasteiger partial charge in [0.15, 0.2) is 0 Å². The number of rotatable bonds is 7. The molecular weight excluding hydrogens is 418 g/mol. The van der Waals surface area contributed by atoms with Crippen LogP contribution in [0.25, 0.3) is 11.0 Å². The Hall–Kier alpha value is -2.93. The number of benzene rings is 1. The molecule has 2 heterocycles. The summed E-state index contributed by atoms with van der Waals surface area (Å²) >= 11 is 0. The largest absolute Gasteiger partial charge is 0.423 e. The average Bonchev–Trinajstić information content (AvgIpc) is 3.62. The molecule has 33 heavy (non-hydrogen) atoms. The van der Waals surface area contributed by atoms with E-state index >= 15 is 0 Å². The number of anilines is 1. The van der Waals surface area contributed by atoms with Gasteiger partial charge in [-0.15, -0.1) is 0 Å². The third-order valence-electron chi connectivity index (χ3n) is 6.48. The standard InChI is InChI=1S/C26H33N3O4/c1-18(2)8-11-29(21-6-7-22-19(3)16-25(31)33-23(22)17-21)24(30)9-10-27-12-14-28(15-13-27)26(32)20-4-5-20/h6-8,16-17,20H,4-5,9-15H2,1-3H3. The van der Waals surface area contributed by atoms with Gasteiger partial charge in [0.2, 0.25) is 11.8 Å². The second-order valence-corrected chi connectivity index (χ2v) is 9.41. The molecule has 0 spiro atoms. The molecule has 0 radical (unpaired) electrons. The lowest BCUT2D eigenvalue weighted by Crippen LogP contribution is -2.49. The van der Waals surface area contributed by atoms with Gasteiger partial charge in [-0.2, -0.15) is 0 Å². The zero-order chi connectivity index (χ0) is 23.5. The summed E-state index contributed by atoms with van der Waals surface area (Å²) in [6.45, 7) is 10.1. The number of aryl methyl sites for hydroxylation is 1. The fourth-order valence-electron chi connectivity index (χ4n) is 4.28. The second kappa shape index (κ2) is 9.91. The molecule has 7 nitrogen and oxygen atoms in total. The Morgan fingerprint density at radius 1 is 1.12 bits per heavy atom. The Morgan fingerprint density at radius 3 is 2.52 bits per heavy atom. The highest BCUT2D eigenvalue weighted by atomic mass is 16.4. The Kier molecular flexibility index (Phi) is 6.98. The van der Waals surface area contributed by atoms with Gasteiger partial charge >= 0.3 is 5.63 Å². The number of carbonyl (C=O) groups is 2. The van der Waals surface area contributed by atoms with Crippen LogP contribution in [0.2, 0.25) is 0 Å². The number of amides is 2. The molecule has 7 heteroatoms. The van der Waals surface area contributed by atoms with Gasteiger partial charge in [-0.3, -0.25) is 14.5 Å².